The molecule has 0 bridgehead atoms. The van der Waals surface area contributed by atoms with E-state index in [0.717, 1.165) is 18.3 Å². The fraction of sp³-hybridized carbons (Fsp3) is 0.636. The van der Waals surface area contributed by atoms with E-state index in [9.17, 15) is 0 Å². The zero-order chi connectivity index (χ0) is 12.1. The van der Waals surface area contributed by atoms with Gasteiger partial charge in [-0.25, -0.2) is 9.97 Å². The first-order valence-electron chi connectivity index (χ1n) is 5.62. The quantitative estimate of drug-likeness (QED) is 0.835. The summed E-state index contributed by atoms with van der Waals surface area (Å²) in [5.41, 5.74) is 0. The first-order chi connectivity index (χ1) is 8.28. The van der Waals surface area contributed by atoms with Gasteiger partial charge in [-0.2, -0.15) is 11.8 Å². The molecule has 6 heteroatoms. The lowest BCUT2D eigenvalue weighted by Crippen LogP contribution is -2.15. The molecule has 0 amide bonds. The number of rotatable bonds is 5. The van der Waals surface area contributed by atoms with E-state index >= 15 is 0 Å². The van der Waals surface area contributed by atoms with Crippen molar-refractivity contribution in [2.45, 2.75) is 13.0 Å². The minimum Gasteiger partial charge on any atom is -0.377 e. The van der Waals surface area contributed by atoms with Gasteiger partial charge in [0, 0.05) is 19.7 Å². The molecule has 1 unspecified atom stereocenters. The second-order valence-corrected chi connectivity index (χ2v) is 5.57. The van der Waals surface area contributed by atoms with Crippen molar-refractivity contribution >= 4 is 29.2 Å². The molecule has 0 radical (unpaired) electrons. The molecule has 0 aromatic carbocycles. The molecule has 0 spiro atoms. The average molecular weight is 274 g/mol. The summed E-state index contributed by atoms with van der Waals surface area (Å²) in [5.74, 6) is 4.64. The molecule has 1 N–H and O–H groups in total. The van der Waals surface area contributed by atoms with Crippen LogP contribution in [0.3, 0.4) is 0 Å². The lowest BCUT2D eigenvalue weighted by molar-refractivity contribution is 0.178. The molecule has 1 fully saturated rings. The van der Waals surface area contributed by atoms with Crippen LogP contribution in [0.4, 0.5) is 5.82 Å². The Kier molecular flexibility index (Phi) is 4.88. The van der Waals surface area contributed by atoms with Gasteiger partial charge in [0.05, 0.1) is 0 Å². The third-order valence-electron chi connectivity index (χ3n) is 2.61. The van der Waals surface area contributed by atoms with Crippen LogP contribution in [-0.2, 0) is 11.3 Å². The summed E-state index contributed by atoms with van der Waals surface area (Å²) in [5, 5.41) is 3.78. The number of ether oxygens (including phenoxy) is 1. The van der Waals surface area contributed by atoms with Crippen LogP contribution >= 0.6 is 23.4 Å². The Morgan fingerprint density at radius 2 is 2.47 bits per heavy atom. The topological polar surface area (TPSA) is 47.0 Å². The van der Waals surface area contributed by atoms with E-state index in [4.69, 9.17) is 16.3 Å². The van der Waals surface area contributed by atoms with Crippen molar-refractivity contribution in [1.29, 1.82) is 0 Å². The molecule has 1 atom stereocenters. The third-order valence-corrected chi connectivity index (χ3v) is 4.04. The van der Waals surface area contributed by atoms with Gasteiger partial charge in [0.2, 0.25) is 0 Å². The van der Waals surface area contributed by atoms with Crippen molar-refractivity contribution in [2.75, 3.05) is 30.5 Å². The zero-order valence-corrected chi connectivity index (χ0v) is 11.4. The van der Waals surface area contributed by atoms with Crippen LogP contribution in [-0.4, -0.2) is 35.1 Å². The van der Waals surface area contributed by atoms with Crippen molar-refractivity contribution in [3.63, 3.8) is 0 Å². The highest BCUT2D eigenvalue weighted by Crippen LogP contribution is 2.23. The normalized spacial score (nSPS) is 19.5. The number of nitrogens with one attached hydrogen (secondary N) is 1. The van der Waals surface area contributed by atoms with Gasteiger partial charge < -0.3 is 10.1 Å². The Morgan fingerprint density at radius 1 is 1.59 bits per heavy atom. The van der Waals surface area contributed by atoms with Gasteiger partial charge in [0.25, 0.3) is 0 Å². The molecule has 0 aliphatic carbocycles. The average Bonchev–Trinajstić information content (AvgIpc) is 2.79. The van der Waals surface area contributed by atoms with Gasteiger partial charge in [0.1, 0.15) is 17.6 Å². The van der Waals surface area contributed by atoms with E-state index in [2.05, 4.69) is 15.3 Å². The number of thioether (sulfide) groups is 1. The van der Waals surface area contributed by atoms with Gasteiger partial charge in [-0.15, -0.1) is 0 Å². The van der Waals surface area contributed by atoms with Crippen molar-refractivity contribution in [2.24, 2.45) is 5.92 Å². The van der Waals surface area contributed by atoms with E-state index in [1.54, 1.807) is 13.2 Å². The third kappa shape index (κ3) is 4.01. The smallest absolute Gasteiger partial charge is 0.158 e. The molecule has 4 nitrogen and oxygen atoms in total. The lowest BCUT2D eigenvalue weighted by Gasteiger charge is -2.11. The van der Waals surface area contributed by atoms with Crippen LogP contribution in [0.25, 0.3) is 0 Å². The molecule has 1 aliphatic rings. The van der Waals surface area contributed by atoms with Crippen molar-refractivity contribution < 1.29 is 4.74 Å². The minimum absolute atomic E-state index is 0.383. The number of hydrogen-bond acceptors (Lipinski definition) is 5. The van der Waals surface area contributed by atoms with Crippen LogP contribution in [0.5, 0.6) is 0 Å². The van der Waals surface area contributed by atoms with Gasteiger partial charge >= 0.3 is 0 Å². The molecule has 2 heterocycles. The zero-order valence-electron chi connectivity index (χ0n) is 9.78. The highest BCUT2D eigenvalue weighted by atomic mass is 35.5. The summed E-state index contributed by atoms with van der Waals surface area (Å²) >= 11 is 7.94. The summed E-state index contributed by atoms with van der Waals surface area (Å²) in [6, 6.07) is 1.75. The predicted molar refractivity (Wildman–Crippen MR) is 71.7 cm³/mol. The summed E-state index contributed by atoms with van der Waals surface area (Å²) in [6.07, 6.45) is 1.28. The van der Waals surface area contributed by atoms with E-state index in [1.165, 1.54) is 17.9 Å². The fourth-order valence-electron chi connectivity index (χ4n) is 1.74. The van der Waals surface area contributed by atoms with E-state index in [0.29, 0.717) is 17.6 Å². The standard InChI is InChI=1S/C11H16ClN3OS/c1-16-6-11-14-9(12)4-10(15-11)13-5-8-2-3-17-7-8/h4,8H,2-3,5-7H2,1H3,(H,13,14,15). The maximum absolute atomic E-state index is 5.93. The SMILES string of the molecule is COCc1nc(Cl)cc(NCC2CCSC2)n1. The number of anilines is 1. The van der Waals surface area contributed by atoms with Crippen LogP contribution in [0.2, 0.25) is 5.15 Å². The molecule has 94 valence electrons. The highest BCUT2D eigenvalue weighted by Gasteiger charge is 2.15. The van der Waals surface area contributed by atoms with Gasteiger partial charge in [0.15, 0.2) is 5.82 Å². The summed E-state index contributed by atoms with van der Waals surface area (Å²) in [4.78, 5) is 8.43. The first-order valence-corrected chi connectivity index (χ1v) is 7.15. The number of methoxy groups -OCH3 is 1. The second kappa shape index (κ2) is 6.42. The molecular weight excluding hydrogens is 258 g/mol. The highest BCUT2D eigenvalue weighted by molar-refractivity contribution is 7.99. The Morgan fingerprint density at radius 3 is 3.18 bits per heavy atom. The maximum Gasteiger partial charge on any atom is 0.158 e. The van der Waals surface area contributed by atoms with E-state index in [-0.39, 0.29) is 0 Å². The second-order valence-electron chi connectivity index (χ2n) is 4.04. The van der Waals surface area contributed by atoms with Crippen molar-refractivity contribution in [1.82, 2.24) is 9.97 Å². The van der Waals surface area contributed by atoms with Crippen LogP contribution < -0.4 is 5.32 Å². The molecule has 1 saturated heterocycles. The minimum atomic E-state index is 0.383. The van der Waals surface area contributed by atoms with Gasteiger partial charge in [-0.3, -0.25) is 0 Å². The molecule has 1 aliphatic heterocycles. The summed E-state index contributed by atoms with van der Waals surface area (Å²) in [6.45, 7) is 1.33. The van der Waals surface area contributed by atoms with Crippen LogP contribution in [0, 0.1) is 5.92 Å². The molecule has 17 heavy (non-hydrogen) atoms. The summed E-state index contributed by atoms with van der Waals surface area (Å²) < 4.78 is 5.00. The Bertz CT molecular complexity index is 372. The molecule has 1 aromatic heterocycles. The van der Waals surface area contributed by atoms with Crippen LogP contribution in [0.1, 0.15) is 12.2 Å². The van der Waals surface area contributed by atoms with Gasteiger partial charge in [-0.05, 0) is 23.8 Å². The van der Waals surface area contributed by atoms with E-state index < -0.39 is 0 Å². The Labute approximate surface area is 111 Å². The Balaban J connectivity index is 1.94. The van der Waals surface area contributed by atoms with Crippen molar-refractivity contribution in [3.8, 4) is 0 Å². The fourth-order valence-corrected chi connectivity index (χ4v) is 3.23. The number of halogens is 1. The summed E-state index contributed by atoms with van der Waals surface area (Å²) in [7, 11) is 1.62. The van der Waals surface area contributed by atoms with Crippen molar-refractivity contribution in [3.05, 3.63) is 17.0 Å². The molecule has 0 saturated carbocycles. The number of nitrogens with zero attached hydrogens (tertiary/aromatic N) is 2. The molecular formula is C11H16ClN3OS. The molecule has 1 aromatic rings. The number of aromatic nitrogens is 2. The van der Waals surface area contributed by atoms with Crippen LogP contribution in [0.15, 0.2) is 6.07 Å². The maximum atomic E-state index is 5.93. The predicted octanol–water partition coefficient (Wildman–Crippen LogP) is 2.44. The molecule has 2 rings (SSSR count). The van der Waals surface area contributed by atoms with E-state index in [1.807, 2.05) is 11.8 Å². The Hall–Kier alpha value is -0.520. The lowest BCUT2D eigenvalue weighted by atomic mass is 10.1. The first kappa shape index (κ1) is 12.9. The monoisotopic (exact) mass is 273 g/mol. The largest absolute Gasteiger partial charge is 0.377 e. The number of hydrogen-bond donors (Lipinski definition) is 1. The van der Waals surface area contributed by atoms with Gasteiger partial charge in [-0.1, -0.05) is 11.6 Å².